The standard InChI is InChI=1S/C9H14BrN3OS/c1-3-9(2,4-5-10)11-8(14)7-6-15-13-12-7/h6H,3-5H2,1-2H3,(H,11,14). The molecule has 1 atom stereocenters. The molecule has 0 aliphatic rings. The highest BCUT2D eigenvalue weighted by molar-refractivity contribution is 9.09. The van der Waals surface area contributed by atoms with Gasteiger partial charge in [0.2, 0.25) is 0 Å². The maximum atomic E-state index is 11.7. The molecule has 84 valence electrons. The van der Waals surface area contributed by atoms with Crippen LogP contribution in [0.3, 0.4) is 0 Å². The van der Waals surface area contributed by atoms with E-state index in [9.17, 15) is 4.79 Å². The highest BCUT2D eigenvalue weighted by Crippen LogP contribution is 2.16. The summed E-state index contributed by atoms with van der Waals surface area (Å²) in [5.41, 5.74) is 0.221. The Morgan fingerprint density at radius 3 is 2.93 bits per heavy atom. The molecule has 0 radical (unpaired) electrons. The van der Waals surface area contributed by atoms with Gasteiger partial charge in [-0.2, -0.15) is 0 Å². The Bertz CT molecular complexity index is 317. The van der Waals surface area contributed by atoms with Gasteiger partial charge in [-0.15, -0.1) is 5.10 Å². The molecule has 1 heterocycles. The first-order valence-corrected chi connectivity index (χ1v) is 6.72. The molecule has 1 N–H and O–H groups in total. The van der Waals surface area contributed by atoms with Crippen molar-refractivity contribution in [2.75, 3.05) is 5.33 Å². The Kier molecular flexibility index (Phi) is 4.66. The molecule has 15 heavy (non-hydrogen) atoms. The Hall–Kier alpha value is -0.490. The van der Waals surface area contributed by atoms with Gasteiger partial charge in [0.25, 0.3) is 5.91 Å². The molecule has 0 aliphatic heterocycles. The van der Waals surface area contributed by atoms with Crippen molar-refractivity contribution in [3.05, 3.63) is 11.1 Å². The van der Waals surface area contributed by atoms with E-state index in [1.54, 1.807) is 5.38 Å². The van der Waals surface area contributed by atoms with Crippen molar-refractivity contribution < 1.29 is 4.79 Å². The summed E-state index contributed by atoms with van der Waals surface area (Å²) in [6.07, 6.45) is 1.79. The zero-order chi connectivity index (χ0) is 11.3. The van der Waals surface area contributed by atoms with Crippen molar-refractivity contribution in [1.82, 2.24) is 14.9 Å². The number of rotatable bonds is 5. The lowest BCUT2D eigenvalue weighted by Crippen LogP contribution is -2.45. The normalized spacial score (nSPS) is 14.6. The van der Waals surface area contributed by atoms with Gasteiger partial charge in [-0.05, 0) is 31.3 Å². The third kappa shape index (κ3) is 3.53. The van der Waals surface area contributed by atoms with Crippen LogP contribution in [0.5, 0.6) is 0 Å². The average molecular weight is 292 g/mol. The number of nitrogens with zero attached hydrogens (tertiary/aromatic N) is 2. The smallest absolute Gasteiger partial charge is 0.273 e. The van der Waals surface area contributed by atoms with Crippen LogP contribution in [-0.2, 0) is 0 Å². The summed E-state index contributed by atoms with van der Waals surface area (Å²) in [5, 5.41) is 9.24. The summed E-state index contributed by atoms with van der Waals surface area (Å²) in [6.45, 7) is 4.09. The molecule has 6 heteroatoms. The maximum absolute atomic E-state index is 11.7. The van der Waals surface area contributed by atoms with Gasteiger partial charge in [0.1, 0.15) is 0 Å². The summed E-state index contributed by atoms with van der Waals surface area (Å²) in [7, 11) is 0. The van der Waals surface area contributed by atoms with Crippen molar-refractivity contribution in [3.8, 4) is 0 Å². The lowest BCUT2D eigenvalue weighted by molar-refractivity contribution is 0.0896. The lowest BCUT2D eigenvalue weighted by Gasteiger charge is -2.28. The molecule has 4 nitrogen and oxygen atoms in total. The molecule has 1 aromatic rings. The Balaban J connectivity index is 2.63. The number of hydrogen-bond acceptors (Lipinski definition) is 4. The third-order valence-electron chi connectivity index (χ3n) is 2.43. The van der Waals surface area contributed by atoms with Crippen LogP contribution in [0.25, 0.3) is 0 Å². The zero-order valence-corrected chi connectivity index (χ0v) is 11.2. The number of hydrogen-bond donors (Lipinski definition) is 1. The monoisotopic (exact) mass is 291 g/mol. The van der Waals surface area contributed by atoms with E-state index in [1.807, 2.05) is 6.92 Å². The van der Waals surface area contributed by atoms with E-state index in [4.69, 9.17) is 0 Å². The zero-order valence-electron chi connectivity index (χ0n) is 8.79. The number of halogens is 1. The highest BCUT2D eigenvalue weighted by atomic mass is 79.9. The first-order valence-electron chi connectivity index (χ1n) is 4.77. The van der Waals surface area contributed by atoms with Crippen LogP contribution in [0.2, 0.25) is 0 Å². The second kappa shape index (κ2) is 5.55. The van der Waals surface area contributed by atoms with Gasteiger partial charge in [-0.25, -0.2) is 0 Å². The number of carbonyl (C=O) groups is 1. The molecule has 1 aromatic heterocycles. The van der Waals surface area contributed by atoms with Crippen molar-refractivity contribution in [2.45, 2.75) is 32.2 Å². The molecule has 0 spiro atoms. The SMILES string of the molecule is CCC(C)(CCBr)NC(=O)c1csnn1. The fourth-order valence-electron chi connectivity index (χ4n) is 1.14. The summed E-state index contributed by atoms with van der Waals surface area (Å²) in [5.74, 6) is -0.144. The van der Waals surface area contributed by atoms with E-state index < -0.39 is 0 Å². The van der Waals surface area contributed by atoms with E-state index in [0.29, 0.717) is 5.69 Å². The van der Waals surface area contributed by atoms with E-state index in [0.717, 1.165) is 18.2 Å². The van der Waals surface area contributed by atoms with Gasteiger partial charge in [0.15, 0.2) is 5.69 Å². The second-order valence-electron chi connectivity index (χ2n) is 3.60. The van der Waals surface area contributed by atoms with Crippen LogP contribution in [-0.4, -0.2) is 26.4 Å². The molecule has 0 aromatic carbocycles. The van der Waals surface area contributed by atoms with Gasteiger partial charge in [0, 0.05) is 16.2 Å². The molecule has 0 fully saturated rings. The van der Waals surface area contributed by atoms with Crippen LogP contribution >= 0.6 is 27.5 Å². The molecule has 1 unspecified atom stereocenters. The fourth-order valence-corrected chi connectivity index (χ4v) is 2.45. The molecule has 0 saturated heterocycles. The number of alkyl halides is 1. The van der Waals surface area contributed by atoms with Crippen LogP contribution in [0, 0.1) is 0 Å². The Morgan fingerprint density at radius 2 is 2.47 bits per heavy atom. The second-order valence-corrected chi connectivity index (χ2v) is 5.00. The van der Waals surface area contributed by atoms with Gasteiger partial charge in [-0.1, -0.05) is 27.3 Å². The van der Waals surface area contributed by atoms with Gasteiger partial charge in [-0.3, -0.25) is 4.79 Å². The molecule has 0 aliphatic carbocycles. The third-order valence-corrected chi connectivity index (χ3v) is 3.34. The molecule has 1 rings (SSSR count). The minimum absolute atomic E-state index is 0.144. The average Bonchev–Trinajstić information content (AvgIpc) is 2.71. The predicted molar refractivity (Wildman–Crippen MR) is 64.5 cm³/mol. The predicted octanol–water partition coefficient (Wildman–Crippen LogP) is 2.22. The maximum Gasteiger partial charge on any atom is 0.273 e. The number of nitrogens with one attached hydrogen (secondary N) is 1. The fraction of sp³-hybridized carbons (Fsp3) is 0.667. The Morgan fingerprint density at radius 1 is 1.73 bits per heavy atom. The topological polar surface area (TPSA) is 54.9 Å². The number of aromatic nitrogens is 2. The Labute approximate surface area is 102 Å². The molecular formula is C9H14BrN3OS. The van der Waals surface area contributed by atoms with E-state index >= 15 is 0 Å². The van der Waals surface area contributed by atoms with Gasteiger partial charge >= 0.3 is 0 Å². The lowest BCUT2D eigenvalue weighted by atomic mass is 9.95. The first-order chi connectivity index (χ1) is 7.11. The molecular weight excluding hydrogens is 278 g/mol. The summed E-state index contributed by atoms with van der Waals surface area (Å²) in [6, 6.07) is 0. The molecule has 0 saturated carbocycles. The van der Waals surface area contributed by atoms with E-state index in [1.165, 1.54) is 11.5 Å². The van der Waals surface area contributed by atoms with Crippen molar-refractivity contribution in [1.29, 1.82) is 0 Å². The summed E-state index contributed by atoms with van der Waals surface area (Å²) >= 11 is 4.57. The molecule has 0 bridgehead atoms. The van der Waals surface area contributed by atoms with Gasteiger partial charge in [0.05, 0.1) is 0 Å². The first kappa shape index (κ1) is 12.6. The van der Waals surface area contributed by atoms with Crippen LogP contribution in [0.15, 0.2) is 5.38 Å². The number of amides is 1. The minimum Gasteiger partial charge on any atom is -0.345 e. The van der Waals surface area contributed by atoms with E-state index in [2.05, 4.69) is 37.8 Å². The van der Waals surface area contributed by atoms with Crippen LogP contribution in [0.4, 0.5) is 0 Å². The van der Waals surface area contributed by atoms with E-state index in [-0.39, 0.29) is 11.4 Å². The minimum atomic E-state index is -0.176. The quantitative estimate of drug-likeness (QED) is 0.847. The van der Waals surface area contributed by atoms with Crippen molar-refractivity contribution >= 4 is 33.4 Å². The summed E-state index contributed by atoms with van der Waals surface area (Å²) < 4.78 is 3.67. The number of carbonyl (C=O) groups excluding carboxylic acids is 1. The largest absolute Gasteiger partial charge is 0.345 e. The molecule has 1 amide bonds. The van der Waals surface area contributed by atoms with Crippen LogP contribution in [0.1, 0.15) is 37.2 Å². The summed E-state index contributed by atoms with van der Waals surface area (Å²) in [4.78, 5) is 11.7. The van der Waals surface area contributed by atoms with Crippen molar-refractivity contribution in [3.63, 3.8) is 0 Å². The highest BCUT2D eigenvalue weighted by Gasteiger charge is 2.24. The van der Waals surface area contributed by atoms with Gasteiger partial charge < -0.3 is 5.32 Å². The van der Waals surface area contributed by atoms with Crippen LogP contribution < -0.4 is 5.32 Å². The van der Waals surface area contributed by atoms with Crippen molar-refractivity contribution in [2.24, 2.45) is 0 Å².